The second-order valence-electron chi connectivity index (χ2n) is 4.70. The Balaban J connectivity index is 2.09. The van der Waals surface area contributed by atoms with Gasteiger partial charge in [0, 0.05) is 5.69 Å². The van der Waals surface area contributed by atoms with Crippen LogP contribution in [0.2, 0.25) is 0 Å². The molecule has 98 valence electrons. The van der Waals surface area contributed by atoms with Crippen LogP contribution in [0.4, 0.5) is 5.69 Å². The molecule has 0 spiro atoms. The monoisotopic (exact) mass is 256 g/mol. The van der Waals surface area contributed by atoms with Crippen LogP contribution in [-0.2, 0) is 12.8 Å². The molecule has 0 amide bonds. The first-order chi connectivity index (χ1) is 9.28. The van der Waals surface area contributed by atoms with Gasteiger partial charge in [-0.2, -0.15) is 5.10 Å². The Hall–Kier alpha value is -2.17. The van der Waals surface area contributed by atoms with Gasteiger partial charge in [0.15, 0.2) is 5.82 Å². The van der Waals surface area contributed by atoms with Crippen molar-refractivity contribution in [1.29, 1.82) is 0 Å². The number of methoxy groups -OCH3 is 1. The Morgan fingerprint density at radius 3 is 2.68 bits per heavy atom. The minimum atomic E-state index is 0.588. The number of hydrogen-bond acceptors (Lipinski definition) is 5. The summed E-state index contributed by atoms with van der Waals surface area (Å²) in [6.07, 6.45) is 4.29. The molecule has 1 aromatic carbocycles. The van der Waals surface area contributed by atoms with Crippen molar-refractivity contribution in [3.05, 3.63) is 29.6 Å². The zero-order valence-corrected chi connectivity index (χ0v) is 10.9. The van der Waals surface area contributed by atoms with Crippen LogP contribution in [0.1, 0.15) is 24.2 Å². The first kappa shape index (κ1) is 11.9. The van der Waals surface area contributed by atoms with Crippen LogP contribution in [0.25, 0.3) is 11.4 Å². The maximum Gasteiger partial charge on any atom is 0.185 e. The topological polar surface area (TPSA) is 73.9 Å². The number of nitrogens with two attached hydrogens (primary N) is 1. The van der Waals surface area contributed by atoms with E-state index >= 15 is 0 Å². The lowest BCUT2D eigenvalue weighted by Crippen LogP contribution is -2.10. The number of nitrogens with zero attached hydrogens (tertiary/aromatic N) is 3. The second-order valence-corrected chi connectivity index (χ2v) is 4.70. The zero-order chi connectivity index (χ0) is 13.2. The molecule has 0 unspecified atom stereocenters. The molecule has 0 bridgehead atoms. The van der Waals surface area contributed by atoms with Crippen molar-refractivity contribution in [3.63, 3.8) is 0 Å². The number of anilines is 1. The highest BCUT2D eigenvalue weighted by Crippen LogP contribution is 2.30. The van der Waals surface area contributed by atoms with E-state index in [4.69, 9.17) is 10.5 Å². The summed E-state index contributed by atoms with van der Waals surface area (Å²) in [4.78, 5) is 4.62. The molecular weight excluding hydrogens is 240 g/mol. The van der Waals surface area contributed by atoms with Crippen molar-refractivity contribution in [2.45, 2.75) is 25.7 Å². The number of hydrogen-bond donors (Lipinski definition) is 1. The van der Waals surface area contributed by atoms with Gasteiger partial charge in [0.2, 0.25) is 0 Å². The van der Waals surface area contributed by atoms with Crippen molar-refractivity contribution in [2.24, 2.45) is 0 Å². The molecule has 1 aliphatic rings. The number of ether oxygens (including phenoxy) is 1. The predicted octanol–water partition coefficient (Wildman–Crippen LogP) is 2.01. The van der Waals surface area contributed by atoms with E-state index in [1.807, 2.05) is 12.1 Å². The molecule has 5 heteroatoms. The molecule has 0 aliphatic heterocycles. The summed E-state index contributed by atoms with van der Waals surface area (Å²) < 4.78 is 5.34. The number of benzene rings is 1. The van der Waals surface area contributed by atoms with E-state index in [0.717, 1.165) is 29.8 Å². The van der Waals surface area contributed by atoms with Crippen LogP contribution in [-0.4, -0.2) is 22.3 Å². The summed E-state index contributed by atoms with van der Waals surface area (Å²) in [5.41, 5.74) is 9.37. The van der Waals surface area contributed by atoms with E-state index in [-0.39, 0.29) is 0 Å². The van der Waals surface area contributed by atoms with E-state index in [0.29, 0.717) is 17.3 Å². The molecule has 1 aliphatic carbocycles. The minimum absolute atomic E-state index is 0.588. The average molecular weight is 256 g/mol. The zero-order valence-electron chi connectivity index (χ0n) is 10.9. The molecule has 3 rings (SSSR count). The third-order valence-corrected chi connectivity index (χ3v) is 3.38. The molecule has 19 heavy (non-hydrogen) atoms. The van der Waals surface area contributed by atoms with E-state index in [1.54, 1.807) is 13.2 Å². The molecule has 2 N–H and O–H groups in total. The lowest BCUT2D eigenvalue weighted by Gasteiger charge is -2.14. The van der Waals surface area contributed by atoms with Gasteiger partial charge >= 0.3 is 0 Å². The molecule has 1 heterocycles. The molecule has 5 nitrogen and oxygen atoms in total. The van der Waals surface area contributed by atoms with Crippen LogP contribution >= 0.6 is 0 Å². The Morgan fingerprint density at radius 2 is 1.89 bits per heavy atom. The largest absolute Gasteiger partial charge is 0.496 e. The summed E-state index contributed by atoms with van der Waals surface area (Å²) in [7, 11) is 1.63. The fourth-order valence-electron chi connectivity index (χ4n) is 2.37. The van der Waals surface area contributed by atoms with E-state index in [9.17, 15) is 0 Å². The predicted molar refractivity (Wildman–Crippen MR) is 72.9 cm³/mol. The maximum absolute atomic E-state index is 5.83. The van der Waals surface area contributed by atoms with Crippen LogP contribution in [0.15, 0.2) is 18.2 Å². The molecular formula is C14H16N4O. The van der Waals surface area contributed by atoms with Gasteiger partial charge in [0.05, 0.1) is 24.1 Å². The van der Waals surface area contributed by atoms with Crippen LogP contribution in [0.3, 0.4) is 0 Å². The normalized spacial score (nSPS) is 13.9. The Morgan fingerprint density at radius 1 is 1.11 bits per heavy atom. The standard InChI is InChI=1S/C14H16N4O/c1-19-13-7-6-9(15)8-10(13)14-16-11-4-2-3-5-12(11)17-18-14/h6-8H,2-5,15H2,1H3. The first-order valence-corrected chi connectivity index (χ1v) is 6.44. The number of fused-ring (bicyclic) bond motifs is 1. The van der Waals surface area contributed by atoms with E-state index in [2.05, 4.69) is 15.2 Å². The van der Waals surface area contributed by atoms with Gasteiger partial charge in [-0.05, 0) is 43.9 Å². The van der Waals surface area contributed by atoms with Crippen LogP contribution in [0, 0.1) is 0 Å². The smallest absolute Gasteiger partial charge is 0.185 e. The fourth-order valence-corrected chi connectivity index (χ4v) is 2.37. The lowest BCUT2D eigenvalue weighted by atomic mass is 10.0. The van der Waals surface area contributed by atoms with Gasteiger partial charge in [-0.15, -0.1) is 5.10 Å². The number of aryl methyl sites for hydroxylation is 2. The lowest BCUT2D eigenvalue weighted by molar-refractivity contribution is 0.416. The Kier molecular flexibility index (Phi) is 3.03. The minimum Gasteiger partial charge on any atom is -0.496 e. The van der Waals surface area contributed by atoms with Crippen molar-refractivity contribution >= 4 is 5.69 Å². The van der Waals surface area contributed by atoms with Gasteiger partial charge in [-0.1, -0.05) is 0 Å². The summed E-state index contributed by atoms with van der Waals surface area (Å²) >= 11 is 0. The number of nitrogen functional groups attached to an aromatic ring is 1. The summed E-state index contributed by atoms with van der Waals surface area (Å²) in [5, 5.41) is 8.51. The van der Waals surface area contributed by atoms with E-state index < -0.39 is 0 Å². The molecule has 0 atom stereocenters. The molecule has 0 saturated heterocycles. The van der Waals surface area contributed by atoms with Gasteiger partial charge in [0.1, 0.15) is 5.75 Å². The Labute approximate surface area is 111 Å². The SMILES string of the molecule is COc1ccc(N)cc1-c1nnc2c(n1)CCCC2. The molecule has 1 aromatic heterocycles. The molecule has 2 aromatic rings. The molecule has 0 fully saturated rings. The highest BCUT2D eigenvalue weighted by atomic mass is 16.5. The van der Waals surface area contributed by atoms with Crippen molar-refractivity contribution in [1.82, 2.24) is 15.2 Å². The van der Waals surface area contributed by atoms with Gasteiger partial charge in [-0.25, -0.2) is 4.98 Å². The third kappa shape index (κ3) is 2.23. The highest BCUT2D eigenvalue weighted by Gasteiger charge is 2.16. The number of rotatable bonds is 2. The van der Waals surface area contributed by atoms with Gasteiger partial charge in [0.25, 0.3) is 0 Å². The average Bonchev–Trinajstić information content (AvgIpc) is 2.46. The Bertz CT molecular complexity index is 612. The van der Waals surface area contributed by atoms with Crippen LogP contribution < -0.4 is 10.5 Å². The van der Waals surface area contributed by atoms with Gasteiger partial charge < -0.3 is 10.5 Å². The molecule has 0 radical (unpaired) electrons. The third-order valence-electron chi connectivity index (χ3n) is 3.38. The first-order valence-electron chi connectivity index (χ1n) is 6.44. The van der Waals surface area contributed by atoms with Crippen molar-refractivity contribution in [2.75, 3.05) is 12.8 Å². The van der Waals surface area contributed by atoms with E-state index in [1.165, 1.54) is 12.8 Å². The van der Waals surface area contributed by atoms with Gasteiger partial charge in [-0.3, -0.25) is 0 Å². The van der Waals surface area contributed by atoms with Crippen LogP contribution in [0.5, 0.6) is 5.75 Å². The summed E-state index contributed by atoms with van der Waals surface area (Å²) in [5.74, 6) is 1.30. The number of aromatic nitrogens is 3. The molecule has 0 saturated carbocycles. The summed E-state index contributed by atoms with van der Waals surface area (Å²) in [6, 6.07) is 5.45. The fraction of sp³-hybridized carbons (Fsp3) is 0.357. The quantitative estimate of drug-likeness (QED) is 0.832. The highest BCUT2D eigenvalue weighted by molar-refractivity contribution is 5.68. The second kappa shape index (κ2) is 4.84. The van der Waals surface area contributed by atoms with Crippen molar-refractivity contribution < 1.29 is 4.74 Å². The summed E-state index contributed by atoms with van der Waals surface area (Å²) in [6.45, 7) is 0. The van der Waals surface area contributed by atoms with Crippen molar-refractivity contribution in [3.8, 4) is 17.1 Å². The maximum atomic E-state index is 5.83.